The quantitative estimate of drug-likeness (QED) is 0.774. The van der Waals surface area contributed by atoms with E-state index in [2.05, 4.69) is 15.6 Å². The predicted octanol–water partition coefficient (Wildman–Crippen LogP) is 4.05. The summed E-state index contributed by atoms with van der Waals surface area (Å²) in [7, 11) is 0. The van der Waals surface area contributed by atoms with Crippen molar-refractivity contribution in [3.63, 3.8) is 0 Å². The number of fused-ring (bicyclic) bond motifs is 1. The normalized spacial score (nSPS) is 17.8. The molecule has 0 atom stereocenters. The van der Waals surface area contributed by atoms with Gasteiger partial charge in [0.1, 0.15) is 5.52 Å². The molecule has 1 amide bonds. The summed E-state index contributed by atoms with van der Waals surface area (Å²) in [6, 6.07) is 7.95. The van der Waals surface area contributed by atoms with E-state index in [1.54, 1.807) is 0 Å². The molecule has 0 aliphatic heterocycles. The van der Waals surface area contributed by atoms with Crippen LogP contribution in [-0.4, -0.2) is 20.4 Å². The number of primary amides is 1. The van der Waals surface area contributed by atoms with E-state index in [1.165, 1.54) is 25.7 Å². The minimum absolute atomic E-state index is 0.341. The summed E-state index contributed by atoms with van der Waals surface area (Å²) in [5.74, 6) is 0.653. The van der Waals surface area contributed by atoms with Crippen LogP contribution in [0.1, 0.15) is 72.0 Å². The van der Waals surface area contributed by atoms with E-state index >= 15 is 0 Å². The average Bonchev–Trinajstić information content (AvgIpc) is 3.19. The second-order valence-electron chi connectivity index (χ2n) is 7.58. The molecule has 1 aromatic carbocycles. The summed E-state index contributed by atoms with van der Waals surface area (Å²) < 4.78 is 2.08. The second kappa shape index (κ2) is 5.94. The first kappa shape index (κ1) is 15.6. The first-order valence-electron chi connectivity index (χ1n) is 9.49. The number of aromatic nitrogens is 3. The first-order chi connectivity index (χ1) is 12.7. The Morgan fingerprint density at radius 3 is 2.62 bits per heavy atom. The van der Waals surface area contributed by atoms with Crippen molar-refractivity contribution in [1.82, 2.24) is 14.5 Å². The molecule has 2 N–H and O–H groups in total. The minimum atomic E-state index is -0.341. The number of hydrogen-bond donors (Lipinski definition) is 1. The van der Waals surface area contributed by atoms with Crippen molar-refractivity contribution in [1.29, 1.82) is 0 Å². The molecule has 0 unspecified atom stereocenters. The predicted molar refractivity (Wildman–Crippen MR) is 101 cm³/mol. The maximum Gasteiger partial charge on any atom is 0.248 e. The highest BCUT2D eigenvalue weighted by atomic mass is 16.1. The highest BCUT2D eigenvalue weighted by molar-refractivity contribution is 5.95. The summed E-state index contributed by atoms with van der Waals surface area (Å²) in [6.45, 7) is 0. The first-order valence-corrected chi connectivity index (χ1v) is 9.49. The van der Waals surface area contributed by atoms with Gasteiger partial charge in [-0.2, -0.15) is 0 Å². The average molecular weight is 346 g/mol. The lowest BCUT2D eigenvalue weighted by molar-refractivity contribution is 0.0999. The number of carbonyl (C=O) groups excluding carboxylic acids is 1. The molecule has 2 aliphatic rings. The van der Waals surface area contributed by atoms with Gasteiger partial charge >= 0.3 is 0 Å². The van der Waals surface area contributed by atoms with Crippen molar-refractivity contribution in [2.45, 2.75) is 50.4 Å². The Kier molecular flexibility index (Phi) is 3.55. The Balaban J connectivity index is 1.63. The Hall–Kier alpha value is -2.69. The monoisotopic (exact) mass is 346 g/mol. The molecule has 2 aromatic heterocycles. The second-order valence-corrected chi connectivity index (χ2v) is 7.58. The van der Waals surface area contributed by atoms with Gasteiger partial charge in [-0.1, -0.05) is 12.8 Å². The van der Waals surface area contributed by atoms with Crippen LogP contribution in [0.4, 0.5) is 0 Å². The fourth-order valence-corrected chi connectivity index (χ4v) is 4.20. The van der Waals surface area contributed by atoms with Crippen LogP contribution in [0, 0.1) is 0 Å². The number of amides is 1. The van der Waals surface area contributed by atoms with Gasteiger partial charge < -0.3 is 5.73 Å². The molecule has 2 fully saturated rings. The molecular weight excluding hydrogens is 324 g/mol. The largest absolute Gasteiger partial charge is 0.366 e. The van der Waals surface area contributed by atoms with Gasteiger partial charge in [-0.25, -0.2) is 4.98 Å². The molecule has 2 saturated carbocycles. The van der Waals surface area contributed by atoms with Crippen LogP contribution < -0.4 is 5.73 Å². The zero-order valence-electron chi connectivity index (χ0n) is 14.7. The minimum Gasteiger partial charge on any atom is -0.366 e. The fourth-order valence-electron chi connectivity index (χ4n) is 4.20. The van der Waals surface area contributed by atoms with E-state index in [0.717, 1.165) is 41.0 Å². The van der Waals surface area contributed by atoms with Gasteiger partial charge in [-0.05, 0) is 61.4 Å². The maximum absolute atomic E-state index is 11.9. The molecule has 0 radical (unpaired) electrons. The fraction of sp³-hybridized carbons (Fsp3) is 0.381. The SMILES string of the molecule is NC(=O)c1ccc(-n2ccc3ncc(C4CC4)nc32)cc1C1CCCC1. The zero-order chi connectivity index (χ0) is 17.7. The van der Waals surface area contributed by atoms with Crippen molar-refractivity contribution in [2.75, 3.05) is 0 Å². The lowest BCUT2D eigenvalue weighted by Crippen LogP contribution is -2.15. The van der Waals surface area contributed by atoms with Crippen molar-refractivity contribution in [2.24, 2.45) is 5.73 Å². The zero-order valence-corrected chi connectivity index (χ0v) is 14.7. The Bertz CT molecular complexity index is 996. The number of hydrogen-bond acceptors (Lipinski definition) is 3. The summed E-state index contributed by atoms with van der Waals surface area (Å²) in [6.07, 6.45) is 11.0. The van der Waals surface area contributed by atoms with Crippen LogP contribution in [0.25, 0.3) is 16.9 Å². The Morgan fingerprint density at radius 1 is 1.08 bits per heavy atom. The highest BCUT2D eigenvalue weighted by Gasteiger charge is 2.26. The molecule has 0 spiro atoms. The Labute approximate surface area is 152 Å². The van der Waals surface area contributed by atoms with Crippen molar-refractivity contribution in [3.05, 3.63) is 53.5 Å². The number of nitrogens with zero attached hydrogens (tertiary/aromatic N) is 3. The topological polar surface area (TPSA) is 73.8 Å². The third kappa shape index (κ3) is 2.59. The van der Waals surface area contributed by atoms with Crippen LogP contribution in [0.3, 0.4) is 0 Å². The number of benzene rings is 1. The molecular formula is C21H22N4O. The summed E-state index contributed by atoms with van der Waals surface area (Å²) in [4.78, 5) is 21.4. The molecule has 0 bridgehead atoms. The summed E-state index contributed by atoms with van der Waals surface area (Å²) in [5.41, 5.74) is 11.3. The lowest BCUT2D eigenvalue weighted by atomic mass is 9.92. The molecule has 5 nitrogen and oxygen atoms in total. The van der Waals surface area contributed by atoms with Gasteiger partial charge in [0.2, 0.25) is 5.91 Å². The van der Waals surface area contributed by atoms with Crippen molar-refractivity contribution < 1.29 is 4.79 Å². The van der Waals surface area contributed by atoms with E-state index in [0.29, 0.717) is 17.4 Å². The van der Waals surface area contributed by atoms with E-state index in [-0.39, 0.29) is 5.91 Å². The summed E-state index contributed by atoms with van der Waals surface area (Å²) >= 11 is 0. The molecule has 26 heavy (non-hydrogen) atoms. The van der Waals surface area contributed by atoms with Crippen LogP contribution in [0.15, 0.2) is 36.7 Å². The smallest absolute Gasteiger partial charge is 0.248 e. The third-order valence-corrected chi connectivity index (χ3v) is 5.78. The van der Waals surface area contributed by atoms with E-state index < -0.39 is 0 Å². The molecule has 2 aliphatic carbocycles. The van der Waals surface area contributed by atoms with Crippen LogP contribution in [0.2, 0.25) is 0 Å². The molecule has 2 heterocycles. The van der Waals surface area contributed by atoms with E-state index in [1.807, 2.05) is 30.6 Å². The molecule has 132 valence electrons. The van der Waals surface area contributed by atoms with Gasteiger partial charge in [0, 0.05) is 29.6 Å². The molecule has 0 saturated heterocycles. The van der Waals surface area contributed by atoms with E-state index in [4.69, 9.17) is 10.7 Å². The van der Waals surface area contributed by atoms with Gasteiger partial charge in [-0.15, -0.1) is 0 Å². The summed E-state index contributed by atoms with van der Waals surface area (Å²) in [5, 5.41) is 0. The van der Waals surface area contributed by atoms with Crippen molar-refractivity contribution in [3.8, 4) is 5.69 Å². The molecule has 5 rings (SSSR count). The Morgan fingerprint density at radius 2 is 1.88 bits per heavy atom. The van der Waals surface area contributed by atoms with Gasteiger partial charge in [0.05, 0.1) is 5.69 Å². The van der Waals surface area contributed by atoms with Gasteiger partial charge in [-0.3, -0.25) is 14.3 Å². The van der Waals surface area contributed by atoms with Gasteiger partial charge in [0.15, 0.2) is 5.65 Å². The van der Waals surface area contributed by atoms with Crippen LogP contribution in [0.5, 0.6) is 0 Å². The molecule has 5 heteroatoms. The lowest BCUT2D eigenvalue weighted by Gasteiger charge is -2.16. The maximum atomic E-state index is 11.9. The van der Waals surface area contributed by atoms with Crippen LogP contribution in [-0.2, 0) is 0 Å². The highest BCUT2D eigenvalue weighted by Crippen LogP contribution is 2.39. The van der Waals surface area contributed by atoms with Crippen molar-refractivity contribution >= 4 is 17.1 Å². The number of nitrogens with two attached hydrogens (primary N) is 1. The van der Waals surface area contributed by atoms with Crippen LogP contribution >= 0.6 is 0 Å². The third-order valence-electron chi connectivity index (χ3n) is 5.78. The molecule has 3 aromatic rings. The number of rotatable bonds is 4. The van der Waals surface area contributed by atoms with Gasteiger partial charge in [0.25, 0.3) is 0 Å². The standard InChI is InChI=1S/C21H22N4O/c22-20(26)16-8-7-15(11-17(16)13-3-1-2-4-13)25-10-9-18-21(25)24-19(12-23-18)14-5-6-14/h7-14H,1-6H2,(H2,22,26). The number of carbonyl (C=O) groups is 1. The van der Waals surface area contributed by atoms with E-state index in [9.17, 15) is 4.79 Å².